The normalized spacial score (nSPS) is 17.1. The highest BCUT2D eigenvalue weighted by atomic mass is 19.2. The van der Waals surface area contributed by atoms with Gasteiger partial charge in [0.05, 0.1) is 18.8 Å². The molecular formula is C32H35F3O4. The van der Waals surface area contributed by atoms with Gasteiger partial charge < -0.3 is 14.2 Å². The highest BCUT2D eigenvalue weighted by Crippen LogP contribution is 2.38. The molecule has 208 valence electrons. The van der Waals surface area contributed by atoms with Gasteiger partial charge in [0.15, 0.2) is 11.6 Å². The summed E-state index contributed by atoms with van der Waals surface area (Å²) in [6, 6.07) is 14.3. The SMILES string of the molecule is CCCCOc1ccc(C(=O)OC2CCC(c3ccc(-c4ccc(OCCC)cc4)c(F)c3F)CC2)c(F)c1. The number of rotatable bonds is 11. The molecule has 1 fully saturated rings. The molecule has 3 aromatic carbocycles. The second-order valence-corrected chi connectivity index (χ2v) is 9.93. The van der Waals surface area contributed by atoms with Gasteiger partial charge in [-0.15, -0.1) is 0 Å². The molecule has 0 saturated heterocycles. The lowest BCUT2D eigenvalue weighted by Gasteiger charge is -2.29. The fourth-order valence-electron chi connectivity index (χ4n) is 4.85. The maximum atomic E-state index is 15.1. The highest BCUT2D eigenvalue weighted by Gasteiger charge is 2.29. The molecule has 0 heterocycles. The van der Waals surface area contributed by atoms with E-state index in [0.717, 1.165) is 19.3 Å². The quantitative estimate of drug-likeness (QED) is 0.180. The van der Waals surface area contributed by atoms with E-state index < -0.39 is 29.5 Å². The molecule has 0 N–H and O–H groups in total. The van der Waals surface area contributed by atoms with Crippen molar-refractivity contribution in [1.82, 2.24) is 0 Å². The highest BCUT2D eigenvalue weighted by molar-refractivity contribution is 5.90. The topological polar surface area (TPSA) is 44.8 Å². The van der Waals surface area contributed by atoms with Gasteiger partial charge in [0.1, 0.15) is 23.4 Å². The Balaban J connectivity index is 1.34. The van der Waals surface area contributed by atoms with E-state index in [1.54, 1.807) is 42.5 Å². The summed E-state index contributed by atoms with van der Waals surface area (Å²) >= 11 is 0. The Morgan fingerprint density at radius 1 is 0.795 bits per heavy atom. The molecule has 0 amide bonds. The van der Waals surface area contributed by atoms with Gasteiger partial charge in [-0.25, -0.2) is 18.0 Å². The van der Waals surface area contributed by atoms with E-state index in [1.165, 1.54) is 12.1 Å². The average Bonchev–Trinajstić information content (AvgIpc) is 2.94. The van der Waals surface area contributed by atoms with Crippen LogP contribution < -0.4 is 9.47 Å². The minimum atomic E-state index is -0.874. The molecule has 0 radical (unpaired) electrons. The first-order valence-corrected chi connectivity index (χ1v) is 13.8. The Morgan fingerprint density at radius 3 is 2.15 bits per heavy atom. The summed E-state index contributed by atoms with van der Waals surface area (Å²) in [5, 5.41) is 0. The van der Waals surface area contributed by atoms with Crippen LogP contribution in [0.5, 0.6) is 11.5 Å². The molecule has 39 heavy (non-hydrogen) atoms. The molecule has 0 aliphatic heterocycles. The van der Waals surface area contributed by atoms with Crippen LogP contribution in [-0.4, -0.2) is 25.3 Å². The standard InChI is InChI=1S/C32H35F3O4/c1-3-5-19-38-25-14-15-28(29(33)20-25)32(36)39-24-12-8-22(9-13-24)27-17-16-26(30(34)31(27)35)21-6-10-23(11-7-21)37-18-4-2/h6-7,10-11,14-17,20,22,24H,3-5,8-9,12-13,18-19H2,1-2H3. The number of halogens is 3. The third-order valence-electron chi connectivity index (χ3n) is 7.07. The van der Waals surface area contributed by atoms with Crippen molar-refractivity contribution < 1.29 is 32.2 Å². The van der Waals surface area contributed by atoms with Crippen molar-refractivity contribution in [1.29, 1.82) is 0 Å². The monoisotopic (exact) mass is 540 g/mol. The van der Waals surface area contributed by atoms with E-state index in [-0.39, 0.29) is 17.0 Å². The number of carbonyl (C=O) groups is 1. The molecule has 0 bridgehead atoms. The van der Waals surface area contributed by atoms with Gasteiger partial charge in [0, 0.05) is 11.6 Å². The molecule has 1 saturated carbocycles. The van der Waals surface area contributed by atoms with Crippen molar-refractivity contribution in [2.45, 2.75) is 70.8 Å². The first-order chi connectivity index (χ1) is 18.9. The second-order valence-electron chi connectivity index (χ2n) is 9.93. The molecule has 0 aromatic heterocycles. The van der Waals surface area contributed by atoms with Crippen molar-refractivity contribution in [3.63, 3.8) is 0 Å². The first kappa shape index (κ1) is 28.5. The lowest BCUT2D eigenvalue weighted by atomic mass is 9.82. The molecule has 0 unspecified atom stereocenters. The fourth-order valence-corrected chi connectivity index (χ4v) is 4.85. The molecule has 3 aromatic rings. The third kappa shape index (κ3) is 7.14. The fraction of sp³-hybridized carbons (Fsp3) is 0.406. The molecule has 0 atom stereocenters. The Kier molecular flexibility index (Phi) is 9.90. The molecule has 1 aliphatic carbocycles. The van der Waals surface area contributed by atoms with Gasteiger partial charge in [0.2, 0.25) is 0 Å². The smallest absolute Gasteiger partial charge is 0.341 e. The predicted molar refractivity (Wildman–Crippen MR) is 145 cm³/mol. The minimum absolute atomic E-state index is 0.145. The summed E-state index contributed by atoms with van der Waals surface area (Å²) in [4.78, 5) is 12.6. The van der Waals surface area contributed by atoms with Crippen LogP contribution in [0.2, 0.25) is 0 Å². The van der Waals surface area contributed by atoms with Crippen molar-refractivity contribution in [2.75, 3.05) is 13.2 Å². The molecule has 4 rings (SSSR count). The number of benzene rings is 3. The Hall–Kier alpha value is -3.48. The average molecular weight is 541 g/mol. The molecule has 1 aliphatic rings. The van der Waals surface area contributed by atoms with Crippen LogP contribution >= 0.6 is 0 Å². The molecular weight excluding hydrogens is 505 g/mol. The first-order valence-electron chi connectivity index (χ1n) is 13.8. The van der Waals surface area contributed by atoms with E-state index in [1.807, 2.05) is 13.8 Å². The van der Waals surface area contributed by atoms with Crippen LogP contribution in [0.4, 0.5) is 13.2 Å². The number of hydrogen-bond donors (Lipinski definition) is 0. The maximum Gasteiger partial charge on any atom is 0.341 e. The van der Waals surface area contributed by atoms with Gasteiger partial charge in [-0.3, -0.25) is 0 Å². The molecule has 7 heteroatoms. The number of unbranched alkanes of at least 4 members (excludes halogenated alkanes) is 1. The number of carbonyl (C=O) groups excluding carboxylic acids is 1. The summed E-state index contributed by atoms with van der Waals surface area (Å²) in [5.41, 5.74) is 0.956. The van der Waals surface area contributed by atoms with Crippen LogP contribution in [0.15, 0.2) is 54.6 Å². The molecule has 0 spiro atoms. The zero-order valence-electron chi connectivity index (χ0n) is 22.5. The lowest BCUT2D eigenvalue weighted by molar-refractivity contribution is 0.0189. The van der Waals surface area contributed by atoms with Crippen LogP contribution in [-0.2, 0) is 4.74 Å². The van der Waals surface area contributed by atoms with Gasteiger partial charge in [-0.1, -0.05) is 44.5 Å². The van der Waals surface area contributed by atoms with Gasteiger partial charge >= 0.3 is 5.97 Å². The maximum absolute atomic E-state index is 15.1. The zero-order chi connectivity index (χ0) is 27.8. The summed E-state index contributed by atoms with van der Waals surface area (Å²) in [5.74, 6) is -2.27. The number of hydrogen-bond acceptors (Lipinski definition) is 4. The Labute approximate surface area is 228 Å². The van der Waals surface area contributed by atoms with Crippen molar-refractivity contribution in [2.24, 2.45) is 0 Å². The summed E-state index contributed by atoms with van der Waals surface area (Å²) in [6.45, 7) is 5.13. The van der Waals surface area contributed by atoms with E-state index in [9.17, 15) is 9.18 Å². The van der Waals surface area contributed by atoms with E-state index >= 15 is 8.78 Å². The lowest BCUT2D eigenvalue weighted by Crippen LogP contribution is -2.24. The van der Waals surface area contributed by atoms with Gasteiger partial charge in [-0.2, -0.15) is 0 Å². The van der Waals surface area contributed by atoms with E-state index in [4.69, 9.17) is 14.2 Å². The van der Waals surface area contributed by atoms with Crippen LogP contribution in [0.1, 0.15) is 80.6 Å². The largest absolute Gasteiger partial charge is 0.494 e. The van der Waals surface area contributed by atoms with Gasteiger partial charge in [0.25, 0.3) is 0 Å². The number of ether oxygens (including phenoxy) is 3. The van der Waals surface area contributed by atoms with E-state index in [2.05, 4.69) is 0 Å². The Bertz CT molecular complexity index is 1250. The van der Waals surface area contributed by atoms with Crippen LogP contribution in [0, 0.1) is 17.5 Å². The van der Waals surface area contributed by atoms with Crippen molar-refractivity contribution in [3.8, 4) is 22.6 Å². The number of esters is 1. The predicted octanol–water partition coefficient (Wildman–Crippen LogP) is 8.62. The van der Waals surface area contributed by atoms with Gasteiger partial charge in [-0.05, 0) is 79.8 Å². The second kappa shape index (κ2) is 13.5. The van der Waals surface area contributed by atoms with Crippen molar-refractivity contribution >= 4 is 5.97 Å². The zero-order valence-corrected chi connectivity index (χ0v) is 22.5. The third-order valence-corrected chi connectivity index (χ3v) is 7.07. The molecule has 4 nitrogen and oxygen atoms in total. The van der Waals surface area contributed by atoms with Crippen LogP contribution in [0.25, 0.3) is 11.1 Å². The minimum Gasteiger partial charge on any atom is -0.494 e. The summed E-state index contributed by atoms with van der Waals surface area (Å²) in [7, 11) is 0. The Morgan fingerprint density at radius 2 is 1.49 bits per heavy atom. The van der Waals surface area contributed by atoms with Crippen molar-refractivity contribution in [3.05, 3.63) is 83.2 Å². The summed E-state index contributed by atoms with van der Waals surface area (Å²) < 4.78 is 61.3. The van der Waals surface area contributed by atoms with Crippen LogP contribution in [0.3, 0.4) is 0 Å². The van der Waals surface area contributed by atoms with E-state index in [0.29, 0.717) is 61.5 Å². The summed E-state index contributed by atoms with van der Waals surface area (Å²) in [6.07, 6.45) is 4.33.